The molecule has 174 valence electrons. The first-order valence-electron chi connectivity index (χ1n) is 11.1. The van der Waals surface area contributed by atoms with Crippen LogP contribution in [0.1, 0.15) is 30.9 Å². The van der Waals surface area contributed by atoms with Crippen molar-refractivity contribution < 1.29 is 14.3 Å². The van der Waals surface area contributed by atoms with Gasteiger partial charge in [-0.25, -0.2) is 0 Å². The van der Waals surface area contributed by atoms with E-state index in [0.29, 0.717) is 29.7 Å². The van der Waals surface area contributed by atoms with Crippen LogP contribution < -0.4 is 9.47 Å². The summed E-state index contributed by atoms with van der Waals surface area (Å²) in [7, 11) is 0. The quantitative estimate of drug-likeness (QED) is 0.287. The number of carbonyl (C=O) groups excluding carboxylic acids is 1. The molecule has 0 aliphatic carbocycles. The lowest BCUT2D eigenvalue weighted by Gasteiger charge is -2.20. The van der Waals surface area contributed by atoms with E-state index in [2.05, 4.69) is 23.6 Å². The number of hydrogen-bond acceptors (Lipinski definition) is 6. The average molecular weight is 475 g/mol. The standard InChI is InChI=1S/C26H26N4O3S/c1-3-9-18-11-5-7-13-21(18)32-15-16-33-22-14-8-6-12-19(22)17-20-24(27)30-26(28-25(20)31)34-23(29-30)10-4-2/h3,5-8,11-14,17,27H,1,4,9-10,15-16H2,2H3/b20-17-,27-24?. The Morgan fingerprint density at radius 2 is 1.79 bits per heavy atom. The maximum Gasteiger partial charge on any atom is 0.283 e. The highest BCUT2D eigenvalue weighted by Crippen LogP contribution is 2.31. The summed E-state index contributed by atoms with van der Waals surface area (Å²) in [5.41, 5.74) is 1.93. The molecule has 2 heterocycles. The van der Waals surface area contributed by atoms with Gasteiger partial charge < -0.3 is 9.47 Å². The average Bonchev–Trinajstić information content (AvgIpc) is 3.24. The van der Waals surface area contributed by atoms with Crippen LogP contribution in [0.4, 0.5) is 0 Å². The number of amidine groups is 2. The van der Waals surface area contributed by atoms with Crippen LogP contribution in [0.15, 0.2) is 76.9 Å². The Balaban J connectivity index is 1.45. The molecule has 2 aromatic rings. The van der Waals surface area contributed by atoms with Gasteiger partial charge >= 0.3 is 0 Å². The number of benzene rings is 2. The second kappa shape index (κ2) is 11.0. The molecule has 0 bridgehead atoms. The predicted octanol–water partition coefficient (Wildman–Crippen LogP) is 5.29. The molecule has 7 nitrogen and oxygen atoms in total. The van der Waals surface area contributed by atoms with Gasteiger partial charge in [-0.15, -0.1) is 6.58 Å². The molecule has 4 rings (SSSR count). The van der Waals surface area contributed by atoms with E-state index in [1.54, 1.807) is 6.08 Å². The first-order chi connectivity index (χ1) is 16.6. The minimum atomic E-state index is -0.450. The van der Waals surface area contributed by atoms with E-state index in [-0.39, 0.29) is 11.4 Å². The molecule has 0 saturated heterocycles. The van der Waals surface area contributed by atoms with E-state index in [4.69, 9.17) is 14.9 Å². The van der Waals surface area contributed by atoms with E-state index in [1.807, 2.05) is 54.6 Å². The third-order valence-electron chi connectivity index (χ3n) is 5.11. The molecule has 0 atom stereocenters. The number of nitrogens with one attached hydrogen (secondary N) is 1. The van der Waals surface area contributed by atoms with E-state index in [0.717, 1.165) is 35.6 Å². The smallest absolute Gasteiger partial charge is 0.283 e. The third-order valence-corrected chi connectivity index (χ3v) is 6.08. The van der Waals surface area contributed by atoms with Crippen LogP contribution in [-0.2, 0) is 11.2 Å². The number of aliphatic imine (C=N–C) groups is 1. The molecule has 0 unspecified atom stereocenters. The molecule has 2 aliphatic heterocycles. The molecule has 0 aromatic heterocycles. The van der Waals surface area contributed by atoms with Crippen molar-refractivity contribution in [1.29, 1.82) is 5.41 Å². The van der Waals surface area contributed by atoms with Crippen molar-refractivity contribution in [1.82, 2.24) is 5.01 Å². The largest absolute Gasteiger partial charge is 0.490 e. The minimum Gasteiger partial charge on any atom is -0.490 e. The first-order valence-corrected chi connectivity index (χ1v) is 11.9. The number of allylic oxidation sites excluding steroid dienone is 1. The Kier molecular flexibility index (Phi) is 7.59. The highest BCUT2D eigenvalue weighted by molar-refractivity contribution is 8.26. The van der Waals surface area contributed by atoms with Gasteiger partial charge in [0.2, 0.25) is 5.17 Å². The zero-order valence-electron chi connectivity index (χ0n) is 19.0. The van der Waals surface area contributed by atoms with Crippen LogP contribution in [0.5, 0.6) is 11.5 Å². The lowest BCUT2D eigenvalue weighted by molar-refractivity contribution is -0.114. The molecule has 2 aliphatic rings. The lowest BCUT2D eigenvalue weighted by atomic mass is 10.1. The fraction of sp³-hybridized carbons (Fsp3) is 0.231. The Labute approximate surface area is 203 Å². The molecule has 0 radical (unpaired) electrons. The zero-order chi connectivity index (χ0) is 23.9. The van der Waals surface area contributed by atoms with Crippen molar-refractivity contribution in [2.45, 2.75) is 26.2 Å². The normalized spacial score (nSPS) is 16.3. The number of para-hydroxylation sites is 2. The van der Waals surface area contributed by atoms with Gasteiger partial charge in [-0.3, -0.25) is 10.2 Å². The SMILES string of the molecule is C=CCc1ccccc1OCCOc1ccccc1/C=C1/C(=N)N2N=C(CCC)SC2=NC1=O. The summed E-state index contributed by atoms with van der Waals surface area (Å²) in [6, 6.07) is 15.2. The molecular weight excluding hydrogens is 448 g/mol. The zero-order valence-corrected chi connectivity index (χ0v) is 19.8. The lowest BCUT2D eigenvalue weighted by Crippen LogP contribution is -2.35. The van der Waals surface area contributed by atoms with Crippen LogP contribution in [0, 0.1) is 5.41 Å². The number of thioether (sulfide) groups is 1. The maximum atomic E-state index is 12.7. The number of hydrazone groups is 1. The van der Waals surface area contributed by atoms with Crippen molar-refractivity contribution in [2.24, 2.45) is 10.1 Å². The molecule has 1 amide bonds. The van der Waals surface area contributed by atoms with Gasteiger partial charge in [0.25, 0.3) is 5.91 Å². The highest BCUT2D eigenvalue weighted by atomic mass is 32.2. The van der Waals surface area contributed by atoms with Crippen LogP contribution in [0.25, 0.3) is 6.08 Å². The number of carbonyl (C=O) groups is 1. The van der Waals surface area contributed by atoms with Crippen LogP contribution in [0.3, 0.4) is 0 Å². The molecule has 0 spiro atoms. The summed E-state index contributed by atoms with van der Waals surface area (Å²) in [5, 5.41) is 15.7. The molecule has 8 heteroatoms. The predicted molar refractivity (Wildman–Crippen MR) is 138 cm³/mol. The van der Waals surface area contributed by atoms with Crippen LogP contribution >= 0.6 is 11.8 Å². The van der Waals surface area contributed by atoms with Crippen LogP contribution in [-0.4, -0.2) is 40.2 Å². The van der Waals surface area contributed by atoms with Gasteiger partial charge in [0.1, 0.15) is 29.8 Å². The van der Waals surface area contributed by atoms with Gasteiger partial charge in [0.15, 0.2) is 5.84 Å². The highest BCUT2D eigenvalue weighted by Gasteiger charge is 2.35. The number of nitrogens with zero attached hydrogens (tertiary/aromatic N) is 3. The summed E-state index contributed by atoms with van der Waals surface area (Å²) in [6.45, 7) is 6.53. The number of rotatable bonds is 10. The van der Waals surface area contributed by atoms with Gasteiger partial charge in [-0.1, -0.05) is 49.4 Å². The topological polar surface area (TPSA) is 87.3 Å². The second-order valence-corrected chi connectivity index (χ2v) is 8.64. The molecule has 0 saturated carbocycles. The van der Waals surface area contributed by atoms with Crippen LogP contribution in [0.2, 0.25) is 0 Å². The second-order valence-electron chi connectivity index (χ2n) is 7.60. The monoisotopic (exact) mass is 474 g/mol. The first kappa shape index (κ1) is 23.5. The fourth-order valence-electron chi connectivity index (χ4n) is 3.51. The Hall–Kier alpha value is -3.65. The summed E-state index contributed by atoms with van der Waals surface area (Å²) in [4.78, 5) is 16.8. The Bertz CT molecular complexity index is 1200. The summed E-state index contributed by atoms with van der Waals surface area (Å²) in [5.74, 6) is 0.973. The molecule has 1 N–H and O–H groups in total. The molecule has 2 aromatic carbocycles. The van der Waals surface area contributed by atoms with Gasteiger partial charge in [0.05, 0.1) is 5.57 Å². The Morgan fingerprint density at radius 3 is 2.56 bits per heavy atom. The van der Waals surface area contributed by atoms with Crippen molar-refractivity contribution >= 4 is 39.8 Å². The minimum absolute atomic E-state index is 0.0190. The van der Waals surface area contributed by atoms with E-state index >= 15 is 0 Å². The summed E-state index contributed by atoms with van der Waals surface area (Å²) >= 11 is 1.35. The number of amides is 1. The summed E-state index contributed by atoms with van der Waals surface area (Å²) < 4.78 is 11.8. The number of ether oxygens (including phenoxy) is 2. The maximum absolute atomic E-state index is 12.7. The molecular formula is C26H26N4O3S. The fourth-order valence-corrected chi connectivity index (χ4v) is 4.49. The van der Waals surface area contributed by atoms with E-state index < -0.39 is 5.91 Å². The Morgan fingerprint density at radius 1 is 1.09 bits per heavy atom. The van der Waals surface area contributed by atoms with E-state index in [9.17, 15) is 4.79 Å². The third kappa shape index (κ3) is 5.28. The number of hydrogen-bond donors (Lipinski definition) is 1. The summed E-state index contributed by atoms with van der Waals surface area (Å²) in [6.07, 6.45) is 5.94. The van der Waals surface area contributed by atoms with E-state index in [1.165, 1.54) is 16.8 Å². The van der Waals surface area contributed by atoms with Crippen molar-refractivity contribution in [3.63, 3.8) is 0 Å². The van der Waals surface area contributed by atoms with Crippen molar-refractivity contribution in [3.8, 4) is 11.5 Å². The molecule has 34 heavy (non-hydrogen) atoms. The van der Waals surface area contributed by atoms with Crippen molar-refractivity contribution in [2.75, 3.05) is 13.2 Å². The van der Waals surface area contributed by atoms with Gasteiger partial charge in [-0.2, -0.15) is 15.1 Å². The van der Waals surface area contributed by atoms with Crippen molar-refractivity contribution in [3.05, 3.63) is 77.9 Å². The molecule has 0 fully saturated rings. The van der Waals surface area contributed by atoms with Gasteiger partial charge in [0, 0.05) is 5.56 Å². The van der Waals surface area contributed by atoms with Gasteiger partial charge in [-0.05, 0) is 54.8 Å². The number of fused-ring (bicyclic) bond motifs is 1.